The van der Waals surface area contributed by atoms with Gasteiger partial charge in [0.15, 0.2) is 0 Å². The molecule has 0 aromatic heterocycles. The van der Waals surface area contributed by atoms with E-state index in [1.165, 1.54) is 0 Å². The molecule has 0 amide bonds. The Morgan fingerprint density at radius 2 is 1.56 bits per heavy atom. The fourth-order valence-corrected chi connectivity index (χ4v) is 1.26. The Kier molecular flexibility index (Phi) is 4.86. The second-order valence-corrected chi connectivity index (χ2v) is 3.30. The molecule has 7 N–H and O–H groups in total. The van der Waals surface area contributed by atoms with Gasteiger partial charge in [0.05, 0.1) is 5.92 Å². The highest BCUT2D eigenvalue weighted by molar-refractivity contribution is 6.06. The minimum atomic E-state index is -2.83. The third kappa shape index (κ3) is 2.67. The highest BCUT2D eigenvalue weighted by atomic mass is 16.4. The van der Waals surface area contributed by atoms with Gasteiger partial charge in [-0.2, -0.15) is 0 Å². The number of rotatable bonds is 7. The summed E-state index contributed by atoms with van der Waals surface area (Å²) in [7, 11) is 0. The molecule has 0 saturated carbocycles. The predicted molar refractivity (Wildman–Crippen MR) is 51.6 cm³/mol. The average molecular weight is 234 g/mol. The molecule has 0 bridgehead atoms. The molecule has 92 valence electrons. The van der Waals surface area contributed by atoms with Gasteiger partial charge in [-0.15, -0.1) is 0 Å². The van der Waals surface area contributed by atoms with Crippen molar-refractivity contribution < 1.29 is 29.7 Å². The largest absolute Gasteiger partial charge is 0.481 e. The van der Waals surface area contributed by atoms with Gasteiger partial charge in [0.1, 0.15) is 0 Å². The minimum Gasteiger partial charge on any atom is -0.481 e. The first-order chi connectivity index (χ1) is 7.28. The SMILES string of the molecule is NCCCC(C(=O)O)C(N)(C(=O)O)C(=O)O. The van der Waals surface area contributed by atoms with Gasteiger partial charge in [-0.25, -0.2) is 9.59 Å². The van der Waals surface area contributed by atoms with Crippen LogP contribution >= 0.6 is 0 Å². The van der Waals surface area contributed by atoms with E-state index in [0.717, 1.165) is 0 Å². The van der Waals surface area contributed by atoms with Crippen molar-refractivity contribution in [2.75, 3.05) is 6.54 Å². The number of hydrogen-bond acceptors (Lipinski definition) is 5. The van der Waals surface area contributed by atoms with Crippen molar-refractivity contribution in [1.82, 2.24) is 0 Å². The van der Waals surface area contributed by atoms with Crippen LogP contribution < -0.4 is 11.5 Å². The van der Waals surface area contributed by atoms with E-state index >= 15 is 0 Å². The molecule has 1 atom stereocenters. The summed E-state index contributed by atoms with van der Waals surface area (Å²) in [5.74, 6) is -7.05. The molecule has 0 rings (SSSR count). The van der Waals surface area contributed by atoms with Gasteiger partial charge in [-0.3, -0.25) is 4.79 Å². The standard InChI is InChI=1S/C8H14N2O6/c9-3-1-2-4(5(11)12)8(10,6(13)14)7(15)16/h4H,1-3,9-10H2,(H,11,12)(H,13,14)(H,15,16). The molecule has 1 unspecified atom stereocenters. The first-order valence-electron chi connectivity index (χ1n) is 4.47. The third-order valence-corrected chi connectivity index (χ3v) is 2.25. The summed E-state index contributed by atoms with van der Waals surface area (Å²) in [6, 6.07) is 0. The lowest BCUT2D eigenvalue weighted by Gasteiger charge is -2.26. The summed E-state index contributed by atoms with van der Waals surface area (Å²) in [6.45, 7) is 0.124. The maximum Gasteiger partial charge on any atom is 0.336 e. The van der Waals surface area contributed by atoms with E-state index in [0.29, 0.717) is 0 Å². The van der Waals surface area contributed by atoms with E-state index in [9.17, 15) is 14.4 Å². The second kappa shape index (κ2) is 5.42. The zero-order valence-electron chi connectivity index (χ0n) is 8.42. The molecule has 8 heteroatoms. The van der Waals surface area contributed by atoms with Crippen LogP contribution in [0.4, 0.5) is 0 Å². The summed E-state index contributed by atoms with van der Waals surface area (Å²) >= 11 is 0. The molecule has 0 aliphatic heterocycles. The van der Waals surface area contributed by atoms with Crippen LogP contribution in [-0.4, -0.2) is 45.3 Å². The van der Waals surface area contributed by atoms with Crippen LogP contribution in [0.25, 0.3) is 0 Å². The van der Waals surface area contributed by atoms with Crippen molar-refractivity contribution in [2.45, 2.75) is 18.4 Å². The van der Waals surface area contributed by atoms with Crippen LogP contribution in [0, 0.1) is 5.92 Å². The Morgan fingerprint density at radius 3 is 1.81 bits per heavy atom. The van der Waals surface area contributed by atoms with Crippen molar-refractivity contribution >= 4 is 17.9 Å². The molecule has 0 fully saturated rings. The zero-order valence-corrected chi connectivity index (χ0v) is 8.42. The van der Waals surface area contributed by atoms with Gasteiger partial charge in [-0.1, -0.05) is 0 Å². The van der Waals surface area contributed by atoms with E-state index < -0.39 is 29.4 Å². The Hall–Kier alpha value is -1.67. The van der Waals surface area contributed by atoms with Crippen molar-refractivity contribution in [3.8, 4) is 0 Å². The van der Waals surface area contributed by atoms with Crippen molar-refractivity contribution in [3.05, 3.63) is 0 Å². The zero-order chi connectivity index (χ0) is 12.9. The van der Waals surface area contributed by atoms with Crippen LogP contribution in [0.1, 0.15) is 12.8 Å². The van der Waals surface area contributed by atoms with E-state index in [1.54, 1.807) is 0 Å². The number of carboxylic acid groups (broad SMARTS) is 3. The Labute approximate surface area is 90.8 Å². The van der Waals surface area contributed by atoms with Crippen molar-refractivity contribution in [1.29, 1.82) is 0 Å². The topological polar surface area (TPSA) is 164 Å². The number of nitrogens with two attached hydrogens (primary N) is 2. The van der Waals surface area contributed by atoms with Gasteiger partial charge in [0, 0.05) is 0 Å². The van der Waals surface area contributed by atoms with E-state index in [4.69, 9.17) is 26.8 Å². The Morgan fingerprint density at radius 1 is 1.12 bits per heavy atom. The smallest absolute Gasteiger partial charge is 0.336 e. The number of carbonyl (C=O) groups is 3. The molecule has 0 aliphatic carbocycles. The lowest BCUT2D eigenvalue weighted by Crippen LogP contribution is -2.62. The minimum absolute atomic E-state index is 0.124. The van der Waals surface area contributed by atoms with Gasteiger partial charge < -0.3 is 26.8 Å². The summed E-state index contributed by atoms with van der Waals surface area (Å²) in [4.78, 5) is 32.4. The van der Waals surface area contributed by atoms with Crippen LogP contribution in [0.15, 0.2) is 0 Å². The molecule has 0 saturated heterocycles. The van der Waals surface area contributed by atoms with Crippen molar-refractivity contribution in [3.63, 3.8) is 0 Å². The number of aliphatic carboxylic acids is 3. The lowest BCUT2D eigenvalue weighted by molar-refractivity contribution is -0.167. The van der Waals surface area contributed by atoms with Crippen LogP contribution in [-0.2, 0) is 14.4 Å². The maximum absolute atomic E-state index is 10.8. The first-order valence-corrected chi connectivity index (χ1v) is 4.47. The average Bonchev–Trinajstić information content (AvgIpc) is 2.16. The maximum atomic E-state index is 10.8. The van der Waals surface area contributed by atoms with Crippen molar-refractivity contribution in [2.24, 2.45) is 17.4 Å². The highest BCUT2D eigenvalue weighted by Gasteiger charge is 2.52. The Balaban J connectivity index is 5.19. The monoisotopic (exact) mass is 234 g/mol. The lowest BCUT2D eigenvalue weighted by atomic mass is 9.81. The van der Waals surface area contributed by atoms with E-state index in [2.05, 4.69) is 0 Å². The van der Waals surface area contributed by atoms with Gasteiger partial charge in [-0.05, 0) is 19.4 Å². The van der Waals surface area contributed by atoms with Crippen LogP contribution in [0.3, 0.4) is 0 Å². The third-order valence-electron chi connectivity index (χ3n) is 2.25. The molecule has 0 radical (unpaired) electrons. The predicted octanol–water partition coefficient (Wildman–Crippen LogP) is -1.71. The van der Waals surface area contributed by atoms with Gasteiger partial charge in [0.25, 0.3) is 0 Å². The molecule has 0 spiro atoms. The number of hydrogen-bond donors (Lipinski definition) is 5. The van der Waals surface area contributed by atoms with E-state index in [-0.39, 0.29) is 19.4 Å². The second-order valence-electron chi connectivity index (χ2n) is 3.30. The van der Waals surface area contributed by atoms with Crippen LogP contribution in [0.5, 0.6) is 0 Å². The first kappa shape index (κ1) is 14.3. The molecule has 16 heavy (non-hydrogen) atoms. The fourth-order valence-electron chi connectivity index (χ4n) is 1.26. The van der Waals surface area contributed by atoms with Crippen LogP contribution in [0.2, 0.25) is 0 Å². The summed E-state index contributed by atoms with van der Waals surface area (Å²) < 4.78 is 0. The molecule has 0 aliphatic rings. The van der Waals surface area contributed by atoms with E-state index in [1.807, 2.05) is 0 Å². The quantitative estimate of drug-likeness (QED) is 0.325. The highest BCUT2D eigenvalue weighted by Crippen LogP contribution is 2.21. The number of carboxylic acids is 3. The normalized spacial score (nSPS) is 13.1. The molecule has 0 aromatic carbocycles. The fraction of sp³-hybridized carbons (Fsp3) is 0.625. The van der Waals surface area contributed by atoms with Gasteiger partial charge in [0.2, 0.25) is 5.54 Å². The molecular weight excluding hydrogens is 220 g/mol. The molecule has 0 heterocycles. The molecule has 8 nitrogen and oxygen atoms in total. The summed E-state index contributed by atoms with van der Waals surface area (Å²) in [6.07, 6.45) is -0.0303. The summed E-state index contributed by atoms with van der Waals surface area (Å²) in [5, 5.41) is 26.2. The molecule has 0 aromatic rings. The van der Waals surface area contributed by atoms with Gasteiger partial charge >= 0.3 is 17.9 Å². The summed E-state index contributed by atoms with van der Waals surface area (Å²) in [5.41, 5.74) is 7.46. The molecular formula is C8H14N2O6. The Bertz CT molecular complexity index is 289.